The van der Waals surface area contributed by atoms with E-state index in [1.54, 1.807) is 18.2 Å². The number of nitrogens with one attached hydrogen (secondary N) is 1. The van der Waals surface area contributed by atoms with E-state index in [1.165, 1.54) is 20.3 Å². The molecule has 1 amide bonds. The van der Waals surface area contributed by atoms with Crippen molar-refractivity contribution in [2.24, 2.45) is 0 Å². The van der Waals surface area contributed by atoms with Crippen LogP contribution in [0.2, 0.25) is 0 Å². The minimum Gasteiger partial charge on any atom is -0.497 e. The lowest BCUT2D eigenvalue weighted by atomic mass is 10.2. The average molecular weight is 424 g/mol. The van der Waals surface area contributed by atoms with Crippen LogP contribution in [0.3, 0.4) is 0 Å². The number of hydrogen-bond donors (Lipinski definition) is 1. The number of rotatable bonds is 6. The van der Waals surface area contributed by atoms with Gasteiger partial charge in [-0.15, -0.1) is 0 Å². The normalized spacial score (nSPS) is 15.0. The van der Waals surface area contributed by atoms with Gasteiger partial charge in [0.15, 0.2) is 0 Å². The van der Waals surface area contributed by atoms with Gasteiger partial charge < -0.3 is 19.5 Å². The van der Waals surface area contributed by atoms with E-state index in [9.17, 15) is 17.6 Å². The lowest BCUT2D eigenvalue weighted by Gasteiger charge is -2.26. The molecule has 10 heteroatoms. The van der Waals surface area contributed by atoms with E-state index < -0.39 is 26.6 Å². The van der Waals surface area contributed by atoms with Crippen molar-refractivity contribution in [2.45, 2.75) is 4.90 Å². The summed E-state index contributed by atoms with van der Waals surface area (Å²) in [6, 6.07) is 8.02. The first-order valence-electron chi connectivity index (χ1n) is 8.77. The molecule has 1 aliphatic heterocycles. The second-order valence-electron chi connectivity index (χ2n) is 6.22. The molecule has 0 aromatic heterocycles. The SMILES string of the molecule is COc1cc(NC(=O)c2ccc(F)c(S(=O)(=O)N3CCOCC3)c2)cc(OC)c1. The molecule has 0 saturated carbocycles. The molecule has 2 aromatic rings. The Morgan fingerprint density at radius 1 is 1.07 bits per heavy atom. The van der Waals surface area contributed by atoms with Gasteiger partial charge >= 0.3 is 0 Å². The third-order valence-corrected chi connectivity index (χ3v) is 6.30. The molecule has 1 saturated heterocycles. The molecule has 1 aliphatic rings. The predicted molar refractivity (Wildman–Crippen MR) is 103 cm³/mol. The van der Waals surface area contributed by atoms with Crippen molar-refractivity contribution in [2.75, 3.05) is 45.8 Å². The summed E-state index contributed by atoms with van der Waals surface area (Å²) in [5.41, 5.74) is 0.383. The summed E-state index contributed by atoms with van der Waals surface area (Å²) in [7, 11) is -1.13. The molecule has 1 N–H and O–H groups in total. The molecule has 0 atom stereocenters. The van der Waals surface area contributed by atoms with Crippen molar-refractivity contribution in [3.05, 3.63) is 47.8 Å². The zero-order chi connectivity index (χ0) is 21.0. The van der Waals surface area contributed by atoms with Gasteiger partial charge in [0.1, 0.15) is 22.2 Å². The first-order chi connectivity index (χ1) is 13.8. The van der Waals surface area contributed by atoms with Gasteiger partial charge in [-0.3, -0.25) is 4.79 Å². The molecule has 1 heterocycles. The fraction of sp³-hybridized carbons (Fsp3) is 0.316. The number of hydrogen-bond acceptors (Lipinski definition) is 6. The van der Waals surface area contributed by atoms with Crippen molar-refractivity contribution in [1.82, 2.24) is 4.31 Å². The molecule has 0 spiro atoms. The van der Waals surface area contributed by atoms with Crippen molar-refractivity contribution in [3.63, 3.8) is 0 Å². The molecule has 156 valence electrons. The zero-order valence-electron chi connectivity index (χ0n) is 16.0. The van der Waals surface area contributed by atoms with Crippen LogP contribution in [0.25, 0.3) is 0 Å². The molecular weight excluding hydrogens is 403 g/mol. The van der Waals surface area contributed by atoms with Gasteiger partial charge in [0.05, 0.1) is 27.4 Å². The Kier molecular flexibility index (Phi) is 6.36. The molecule has 8 nitrogen and oxygen atoms in total. The maximum atomic E-state index is 14.3. The summed E-state index contributed by atoms with van der Waals surface area (Å²) >= 11 is 0. The summed E-state index contributed by atoms with van der Waals surface area (Å²) < 4.78 is 56.4. The van der Waals surface area contributed by atoms with Crippen LogP contribution in [0.1, 0.15) is 10.4 Å². The minimum absolute atomic E-state index is 0.0000196. The summed E-state index contributed by atoms with van der Waals surface area (Å²) in [6.07, 6.45) is 0. The van der Waals surface area contributed by atoms with Crippen LogP contribution in [0.15, 0.2) is 41.3 Å². The van der Waals surface area contributed by atoms with Crippen LogP contribution in [0.4, 0.5) is 10.1 Å². The monoisotopic (exact) mass is 424 g/mol. The number of amides is 1. The molecule has 29 heavy (non-hydrogen) atoms. The number of carbonyl (C=O) groups excluding carboxylic acids is 1. The van der Waals surface area contributed by atoms with Gasteiger partial charge in [-0.1, -0.05) is 0 Å². The predicted octanol–water partition coefficient (Wildman–Crippen LogP) is 2.12. The average Bonchev–Trinajstić information content (AvgIpc) is 2.74. The molecule has 0 aliphatic carbocycles. The standard InChI is InChI=1S/C19H21FN2O6S/c1-26-15-10-14(11-16(12-15)27-2)21-19(23)13-3-4-17(20)18(9-13)29(24,25)22-5-7-28-8-6-22/h3-4,9-12H,5-8H2,1-2H3,(H,21,23). The molecule has 0 bridgehead atoms. The molecule has 1 fully saturated rings. The summed E-state index contributed by atoms with van der Waals surface area (Å²) in [6.45, 7) is 0.723. The number of carbonyl (C=O) groups is 1. The van der Waals surface area contributed by atoms with Crippen molar-refractivity contribution in [3.8, 4) is 11.5 Å². The minimum atomic E-state index is -4.08. The second-order valence-corrected chi connectivity index (χ2v) is 8.12. The number of ether oxygens (including phenoxy) is 3. The topological polar surface area (TPSA) is 94.2 Å². The Balaban J connectivity index is 1.88. The van der Waals surface area contributed by atoms with Crippen LogP contribution >= 0.6 is 0 Å². The molecule has 0 radical (unpaired) electrons. The summed E-state index contributed by atoms with van der Waals surface area (Å²) in [4.78, 5) is 12.1. The van der Waals surface area contributed by atoms with E-state index in [0.29, 0.717) is 17.2 Å². The second kappa shape index (κ2) is 8.76. The number of benzene rings is 2. The van der Waals surface area contributed by atoms with Gasteiger partial charge in [0.25, 0.3) is 5.91 Å². The van der Waals surface area contributed by atoms with E-state index in [0.717, 1.165) is 16.4 Å². The van der Waals surface area contributed by atoms with E-state index in [1.807, 2.05) is 0 Å². The van der Waals surface area contributed by atoms with Crippen LogP contribution < -0.4 is 14.8 Å². The highest BCUT2D eigenvalue weighted by Gasteiger charge is 2.29. The van der Waals surface area contributed by atoms with Crippen molar-refractivity contribution in [1.29, 1.82) is 0 Å². The third-order valence-electron chi connectivity index (χ3n) is 4.39. The van der Waals surface area contributed by atoms with Crippen molar-refractivity contribution < 1.29 is 31.8 Å². The van der Waals surface area contributed by atoms with Gasteiger partial charge in [-0.2, -0.15) is 4.31 Å². The van der Waals surface area contributed by atoms with Gasteiger partial charge in [-0.05, 0) is 18.2 Å². The maximum absolute atomic E-state index is 14.3. The number of morpholine rings is 1. The largest absolute Gasteiger partial charge is 0.497 e. The highest BCUT2D eigenvalue weighted by molar-refractivity contribution is 7.89. The van der Waals surface area contributed by atoms with E-state index in [-0.39, 0.29) is 31.9 Å². The molecular formula is C19H21FN2O6S. The molecule has 3 rings (SSSR count). The van der Waals surface area contributed by atoms with Crippen molar-refractivity contribution >= 4 is 21.6 Å². The Labute approximate surface area is 168 Å². The summed E-state index contributed by atoms with van der Waals surface area (Å²) in [5, 5.41) is 2.64. The molecule has 0 unspecified atom stereocenters. The summed E-state index contributed by atoms with van der Waals surface area (Å²) in [5.74, 6) is -0.585. The Hall–Kier alpha value is -2.69. The first kappa shape index (κ1) is 21.0. The molecule has 2 aromatic carbocycles. The van der Waals surface area contributed by atoms with E-state index in [4.69, 9.17) is 14.2 Å². The fourth-order valence-corrected chi connectivity index (χ4v) is 4.35. The van der Waals surface area contributed by atoms with Crippen LogP contribution in [-0.4, -0.2) is 59.2 Å². The number of sulfonamides is 1. The lowest BCUT2D eigenvalue weighted by Crippen LogP contribution is -2.41. The van der Waals surface area contributed by atoms with Gasteiger partial charge in [-0.25, -0.2) is 12.8 Å². The highest BCUT2D eigenvalue weighted by Crippen LogP contribution is 2.27. The van der Waals surface area contributed by atoms with Gasteiger partial charge in [0, 0.05) is 42.5 Å². The van der Waals surface area contributed by atoms with Crippen LogP contribution in [-0.2, 0) is 14.8 Å². The smallest absolute Gasteiger partial charge is 0.255 e. The number of nitrogens with zero attached hydrogens (tertiary/aromatic N) is 1. The van der Waals surface area contributed by atoms with E-state index in [2.05, 4.69) is 5.32 Å². The highest BCUT2D eigenvalue weighted by atomic mass is 32.2. The van der Waals surface area contributed by atoms with Gasteiger partial charge in [0.2, 0.25) is 10.0 Å². The first-order valence-corrected chi connectivity index (χ1v) is 10.2. The lowest BCUT2D eigenvalue weighted by molar-refractivity contribution is 0.0729. The maximum Gasteiger partial charge on any atom is 0.255 e. The van der Waals surface area contributed by atoms with E-state index >= 15 is 0 Å². The third kappa shape index (κ3) is 4.66. The zero-order valence-corrected chi connectivity index (χ0v) is 16.8. The Morgan fingerprint density at radius 3 is 2.28 bits per heavy atom. The van der Waals surface area contributed by atoms with Crippen LogP contribution in [0.5, 0.6) is 11.5 Å². The fourth-order valence-electron chi connectivity index (χ4n) is 2.85. The van der Waals surface area contributed by atoms with Crippen LogP contribution in [0, 0.1) is 5.82 Å². The number of anilines is 1. The quantitative estimate of drug-likeness (QED) is 0.764. The number of halogens is 1. The number of methoxy groups -OCH3 is 2. The Bertz CT molecular complexity index is 984. The Morgan fingerprint density at radius 2 is 1.69 bits per heavy atom.